The van der Waals surface area contributed by atoms with Crippen molar-refractivity contribution in [2.75, 3.05) is 20.9 Å². The molecule has 0 unspecified atom stereocenters. The van der Waals surface area contributed by atoms with Crippen molar-refractivity contribution in [3.8, 4) is 0 Å². The van der Waals surface area contributed by atoms with Gasteiger partial charge >= 0.3 is 0 Å². The number of benzene rings is 1. The Balaban J connectivity index is 3.09. The van der Waals surface area contributed by atoms with E-state index < -0.39 is 24.3 Å². The lowest BCUT2D eigenvalue weighted by molar-refractivity contribution is -0.118. The molecule has 0 saturated carbocycles. The molecule has 0 saturated heterocycles. The average molecular weight is 324 g/mol. The normalized spacial score (nSPS) is 14.8. The van der Waals surface area contributed by atoms with Gasteiger partial charge in [0.1, 0.15) is 12.5 Å². The van der Waals surface area contributed by atoms with Crippen LogP contribution in [-0.4, -0.2) is 27.2 Å². The maximum absolute atomic E-state index is 13.8. The Bertz CT molecular complexity index is 402. The van der Waals surface area contributed by atoms with Gasteiger partial charge < -0.3 is 15.2 Å². The van der Waals surface area contributed by atoms with Crippen molar-refractivity contribution in [3.63, 3.8) is 0 Å². The van der Waals surface area contributed by atoms with Crippen molar-refractivity contribution in [2.45, 2.75) is 18.2 Å². The van der Waals surface area contributed by atoms with Crippen molar-refractivity contribution in [3.05, 3.63) is 34.1 Å². The molecule has 1 aromatic rings. The quantitative estimate of drug-likeness (QED) is 0.819. The molecule has 0 bridgehead atoms. The summed E-state index contributed by atoms with van der Waals surface area (Å²) >= 11 is 3.21. The molecule has 18 heavy (non-hydrogen) atoms. The summed E-state index contributed by atoms with van der Waals surface area (Å²) in [6.07, 6.45) is -0.673. The summed E-state index contributed by atoms with van der Waals surface area (Å²) in [5.41, 5.74) is 4.56. The molecule has 0 aliphatic rings. The molecule has 0 aliphatic heterocycles. The van der Waals surface area contributed by atoms with Crippen molar-refractivity contribution in [1.29, 1.82) is 0 Å². The zero-order valence-corrected chi connectivity index (χ0v) is 11.8. The van der Waals surface area contributed by atoms with E-state index in [9.17, 15) is 8.78 Å². The van der Waals surface area contributed by atoms with Crippen LogP contribution in [0.4, 0.5) is 8.78 Å². The molecule has 1 atom stereocenters. The molecule has 0 amide bonds. The summed E-state index contributed by atoms with van der Waals surface area (Å²) in [5.74, 6) is -0.552. The molecule has 0 aromatic heterocycles. The van der Waals surface area contributed by atoms with E-state index in [1.54, 1.807) is 0 Å². The first kappa shape index (κ1) is 15.5. The number of hydrogen-bond donors (Lipinski definition) is 1. The number of alkyl halides is 1. The molecule has 3 nitrogen and oxygen atoms in total. The van der Waals surface area contributed by atoms with E-state index in [2.05, 4.69) is 15.9 Å². The topological polar surface area (TPSA) is 44.5 Å². The van der Waals surface area contributed by atoms with Crippen molar-refractivity contribution in [1.82, 2.24) is 0 Å². The molecule has 6 heteroatoms. The zero-order chi connectivity index (χ0) is 13.8. The highest BCUT2D eigenvalue weighted by Crippen LogP contribution is 2.30. The van der Waals surface area contributed by atoms with Gasteiger partial charge in [0.25, 0.3) is 0 Å². The van der Waals surface area contributed by atoms with Crippen LogP contribution in [-0.2, 0) is 15.0 Å². The SMILES string of the molecule is COC(C[C@@](N)(CF)c1cc(Br)ccc1F)OC. The van der Waals surface area contributed by atoms with Crippen LogP contribution in [0.1, 0.15) is 12.0 Å². The van der Waals surface area contributed by atoms with Gasteiger partial charge in [0.05, 0.1) is 5.54 Å². The summed E-state index contributed by atoms with van der Waals surface area (Å²) in [6.45, 7) is -0.913. The van der Waals surface area contributed by atoms with Crippen LogP contribution in [0.25, 0.3) is 0 Å². The fourth-order valence-corrected chi connectivity index (χ4v) is 2.04. The lowest BCUT2D eigenvalue weighted by atomic mass is 9.88. The van der Waals surface area contributed by atoms with Crippen molar-refractivity contribution >= 4 is 15.9 Å². The van der Waals surface area contributed by atoms with Gasteiger partial charge in [0.15, 0.2) is 6.29 Å². The van der Waals surface area contributed by atoms with Gasteiger partial charge in [-0.25, -0.2) is 8.78 Å². The Labute approximate surface area is 113 Å². The van der Waals surface area contributed by atoms with Crippen molar-refractivity contribution in [2.24, 2.45) is 5.73 Å². The average Bonchev–Trinajstić information content (AvgIpc) is 2.38. The first-order valence-corrected chi connectivity index (χ1v) is 6.12. The predicted molar refractivity (Wildman–Crippen MR) is 68.4 cm³/mol. The second kappa shape index (κ2) is 6.56. The summed E-state index contributed by atoms with van der Waals surface area (Å²) in [7, 11) is 2.84. The van der Waals surface area contributed by atoms with Crippen LogP contribution < -0.4 is 5.73 Å². The third-order valence-electron chi connectivity index (χ3n) is 2.76. The minimum Gasteiger partial charge on any atom is -0.356 e. The Kier molecular flexibility index (Phi) is 5.65. The minimum absolute atomic E-state index is 0.0177. The van der Waals surface area contributed by atoms with E-state index >= 15 is 0 Å². The second-order valence-electron chi connectivity index (χ2n) is 4.02. The van der Waals surface area contributed by atoms with E-state index in [4.69, 9.17) is 15.2 Å². The van der Waals surface area contributed by atoms with Crippen LogP contribution in [0.2, 0.25) is 0 Å². The number of methoxy groups -OCH3 is 2. The maximum Gasteiger partial charge on any atom is 0.159 e. The highest BCUT2D eigenvalue weighted by atomic mass is 79.9. The molecule has 1 rings (SSSR count). The molecular weight excluding hydrogens is 308 g/mol. The van der Waals surface area contributed by atoms with Gasteiger partial charge in [-0.15, -0.1) is 0 Å². The zero-order valence-electron chi connectivity index (χ0n) is 10.3. The highest BCUT2D eigenvalue weighted by Gasteiger charge is 2.34. The van der Waals surface area contributed by atoms with Crippen LogP contribution in [0, 0.1) is 5.82 Å². The fourth-order valence-electron chi connectivity index (χ4n) is 1.68. The third kappa shape index (κ3) is 3.47. The molecule has 2 N–H and O–H groups in total. The Morgan fingerprint density at radius 1 is 1.39 bits per heavy atom. The standard InChI is InChI=1S/C12H16BrF2NO2/c1-17-11(18-2)6-12(16,7-14)9-5-8(13)3-4-10(9)15/h3-5,11H,6-7,16H2,1-2H3/t12-/m1/s1. The fraction of sp³-hybridized carbons (Fsp3) is 0.500. The second-order valence-corrected chi connectivity index (χ2v) is 4.93. The molecule has 1 aromatic carbocycles. The lowest BCUT2D eigenvalue weighted by Gasteiger charge is -2.30. The van der Waals surface area contributed by atoms with Gasteiger partial charge in [0, 0.05) is 30.7 Å². The first-order chi connectivity index (χ1) is 8.46. The lowest BCUT2D eigenvalue weighted by Crippen LogP contribution is -2.43. The Morgan fingerprint density at radius 2 is 2.00 bits per heavy atom. The number of hydrogen-bond acceptors (Lipinski definition) is 3. The van der Waals surface area contributed by atoms with Crippen LogP contribution in [0.5, 0.6) is 0 Å². The van der Waals surface area contributed by atoms with E-state index in [1.165, 1.54) is 32.4 Å². The van der Waals surface area contributed by atoms with Gasteiger partial charge in [-0.05, 0) is 18.2 Å². The largest absolute Gasteiger partial charge is 0.356 e. The van der Waals surface area contributed by atoms with E-state index in [0.29, 0.717) is 4.47 Å². The molecular formula is C12H16BrF2NO2. The number of ether oxygens (including phenoxy) is 2. The minimum atomic E-state index is -1.48. The smallest absolute Gasteiger partial charge is 0.159 e. The number of halogens is 3. The molecule has 0 spiro atoms. The molecule has 0 heterocycles. The summed E-state index contributed by atoms with van der Waals surface area (Å²) < 4.78 is 37.6. The molecule has 0 radical (unpaired) electrons. The van der Waals surface area contributed by atoms with Crippen LogP contribution in [0.15, 0.2) is 22.7 Å². The highest BCUT2D eigenvalue weighted by molar-refractivity contribution is 9.10. The van der Waals surface area contributed by atoms with Crippen LogP contribution in [0.3, 0.4) is 0 Å². The van der Waals surface area contributed by atoms with Gasteiger partial charge in [-0.2, -0.15) is 0 Å². The summed E-state index contributed by atoms with van der Waals surface area (Å²) in [5, 5.41) is 0. The number of rotatable bonds is 6. The predicted octanol–water partition coefficient (Wildman–Crippen LogP) is 2.72. The molecule has 102 valence electrons. The van der Waals surface area contributed by atoms with E-state index in [0.717, 1.165) is 0 Å². The van der Waals surface area contributed by atoms with Gasteiger partial charge in [0.2, 0.25) is 0 Å². The Morgan fingerprint density at radius 3 is 2.50 bits per heavy atom. The Hall–Kier alpha value is -0.560. The van der Waals surface area contributed by atoms with E-state index in [1.807, 2.05) is 0 Å². The molecule has 0 aliphatic carbocycles. The summed E-state index contributed by atoms with van der Waals surface area (Å²) in [6, 6.07) is 4.24. The van der Waals surface area contributed by atoms with E-state index in [-0.39, 0.29) is 12.0 Å². The van der Waals surface area contributed by atoms with Gasteiger partial charge in [-0.3, -0.25) is 0 Å². The number of nitrogens with two attached hydrogens (primary N) is 1. The van der Waals surface area contributed by atoms with Gasteiger partial charge in [-0.1, -0.05) is 15.9 Å². The monoisotopic (exact) mass is 323 g/mol. The maximum atomic E-state index is 13.8. The first-order valence-electron chi connectivity index (χ1n) is 5.33. The molecule has 0 fully saturated rings. The summed E-state index contributed by atoms with van der Waals surface area (Å²) in [4.78, 5) is 0. The van der Waals surface area contributed by atoms with Crippen molar-refractivity contribution < 1.29 is 18.3 Å². The van der Waals surface area contributed by atoms with Crippen LogP contribution >= 0.6 is 15.9 Å². The third-order valence-corrected chi connectivity index (χ3v) is 3.25.